The minimum atomic E-state index is 0.559. The van der Waals surface area contributed by atoms with Gasteiger partial charge in [-0.2, -0.15) is 0 Å². The van der Waals surface area contributed by atoms with Crippen LogP contribution in [0.5, 0.6) is 0 Å². The first-order valence-corrected chi connectivity index (χ1v) is 5.70. The summed E-state index contributed by atoms with van der Waals surface area (Å²) in [5, 5.41) is 3.40. The van der Waals surface area contributed by atoms with E-state index in [1.807, 2.05) is 0 Å². The second kappa shape index (κ2) is 5.52. The highest BCUT2D eigenvalue weighted by Crippen LogP contribution is 2.15. The standard InChI is InChI=1S/C12H24N2/c1-10(2)13-7-12(4)9-14-6-5-11(3)8-14/h10-11,13H,4-9H2,1-3H3. The van der Waals surface area contributed by atoms with Crippen LogP contribution in [0.15, 0.2) is 12.2 Å². The van der Waals surface area contributed by atoms with E-state index in [9.17, 15) is 0 Å². The Morgan fingerprint density at radius 1 is 1.57 bits per heavy atom. The molecule has 1 aliphatic rings. The van der Waals surface area contributed by atoms with E-state index in [0.29, 0.717) is 6.04 Å². The zero-order chi connectivity index (χ0) is 10.6. The van der Waals surface area contributed by atoms with E-state index < -0.39 is 0 Å². The molecule has 0 aromatic carbocycles. The second-order valence-corrected chi connectivity index (χ2v) is 4.91. The maximum absolute atomic E-state index is 4.11. The van der Waals surface area contributed by atoms with Gasteiger partial charge in [-0.15, -0.1) is 0 Å². The van der Waals surface area contributed by atoms with Gasteiger partial charge in [0.15, 0.2) is 0 Å². The summed E-state index contributed by atoms with van der Waals surface area (Å²) in [4.78, 5) is 2.51. The molecule has 2 nitrogen and oxygen atoms in total. The van der Waals surface area contributed by atoms with Gasteiger partial charge in [0.25, 0.3) is 0 Å². The molecule has 14 heavy (non-hydrogen) atoms. The summed E-state index contributed by atoms with van der Waals surface area (Å²) in [6, 6.07) is 0.559. The van der Waals surface area contributed by atoms with Crippen molar-refractivity contribution in [3.05, 3.63) is 12.2 Å². The number of hydrogen-bond donors (Lipinski definition) is 1. The van der Waals surface area contributed by atoms with Crippen molar-refractivity contribution in [2.75, 3.05) is 26.2 Å². The molecular formula is C12H24N2. The molecule has 1 atom stereocenters. The van der Waals surface area contributed by atoms with Crippen molar-refractivity contribution in [3.8, 4) is 0 Å². The molecule has 1 aliphatic heterocycles. The van der Waals surface area contributed by atoms with Crippen LogP contribution in [0.1, 0.15) is 27.2 Å². The molecule has 2 heteroatoms. The first kappa shape index (κ1) is 11.7. The predicted octanol–water partition coefficient (Wildman–Crippen LogP) is 1.88. The van der Waals surface area contributed by atoms with Crippen molar-refractivity contribution in [2.45, 2.75) is 33.2 Å². The fourth-order valence-electron chi connectivity index (χ4n) is 1.89. The Morgan fingerprint density at radius 3 is 2.79 bits per heavy atom. The van der Waals surface area contributed by atoms with Crippen LogP contribution in [0, 0.1) is 5.92 Å². The molecule has 1 heterocycles. The highest BCUT2D eigenvalue weighted by molar-refractivity contribution is 5.01. The molecule has 1 N–H and O–H groups in total. The first-order chi connectivity index (χ1) is 6.58. The molecule has 0 aromatic rings. The van der Waals surface area contributed by atoms with Crippen molar-refractivity contribution >= 4 is 0 Å². The maximum atomic E-state index is 4.11. The second-order valence-electron chi connectivity index (χ2n) is 4.91. The molecule has 1 saturated heterocycles. The Kier molecular flexibility index (Phi) is 4.63. The summed E-state index contributed by atoms with van der Waals surface area (Å²) in [6.45, 7) is 15.3. The van der Waals surface area contributed by atoms with Gasteiger partial charge in [0.05, 0.1) is 0 Å². The topological polar surface area (TPSA) is 15.3 Å². The van der Waals surface area contributed by atoms with E-state index in [1.54, 1.807) is 0 Å². The molecule has 0 spiro atoms. The summed E-state index contributed by atoms with van der Waals surface area (Å²) < 4.78 is 0. The number of hydrogen-bond acceptors (Lipinski definition) is 2. The van der Waals surface area contributed by atoms with Crippen molar-refractivity contribution < 1.29 is 0 Å². The molecule has 0 amide bonds. The van der Waals surface area contributed by atoms with Gasteiger partial charge in [-0.3, -0.25) is 4.90 Å². The minimum absolute atomic E-state index is 0.559. The third kappa shape index (κ3) is 4.25. The van der Waals surface area contributed by atoms with Crippen molar-refractivity contribution in [3.63, 3.8) is 0 Å². The van der Waals surface area contributed by atoms with Crippen LogP contribution in [0.2, 0.25) is 0 Å². The van der Waals surface area contributed by atoms with Crippen molar-refractivity contribution in [1.82, 2.24) is 10.2 Å². The van der Waals surface area contributed by atoms with Gasteiger partial charge in [-0.05, 0) is 24.5 Å². The Balaban J connectivity index is 2.14. The molecule has 1 unspecified atom stereocenters. The zero-order valence-electron chi connectivity index (χ0n) is 9.84. The highest BCUT2D eigenvalue weighted by atomic mass is 15.1. The van der Waals surface area contributed by atoms with Gasteiger partial charge in [0.1, 0.15) is 0 Å². The van der Waals surface area contributed by atoms with E-state index in [0.717, 1.165) is 19.0 Å². The van der Waals surface area contributed by atoms with E-state index in [1.165, 1.54) is 25.1 Å². The SMILES string of the molecule is C=C(CNC(C)C)CN1CCC(C)C1. The van der Waals surface area contributed by atoms with Crippen molar-refractivity contribution in [2.24, 2.45) is 5.92 Å². The molecule has 1 fully saturated rings. The Labute approximate surface area is 88.4 Å². The summed E-state index contributed by atoms with van der Waals surface area (Å²) >= 11 is 0. The number of nitrogens with one attached hydrogen (secondary N) is 1. The van der Waals surface area contributed by atoms with E-state index >= 15 is 0 Å². The lowest BCUT2D eigenvalue weighted by Gasteiger charge is -2.18. The van der Waals surface area contributed by atoms with Crippen LogP contribution in [-0.2, 0) is 0 Å². The Hall–Kier alpha value is -0.340. The lowest BCUT2D eigenvalue weighted by atomic mass is 10.2. The minimum Gasteiger partial charge on any atom is -0.311 e. The molecular weight excluding hydrogens is 172 g/mol. The molecule has 0 aromatic heterocycles. The smallest absolute Gasteiger partial charge is 0.0202 e. The number of nitrogens with zero attached hydrogens (tertiary/aromatic N) is 1. The van der Waals surface area contributed by atoms with E-state index in [2.05, 4.69) is 37.6 Å². The van der Waals surface area contributed by atoms with Gasteiger partial charge in [0.2, 0.25) is 0 Å². The molecule has 0 bridgehead atoms. The fraction of sp³-hybridized carbons (Fsp3) is 0.833. The van der Waals surface area contributed by atoms with Gasteiger partial charge >= 0.3 is 0 Å². The van der Waals surface area contributed by atoms with Gasteiger partial charge < -0.3 is 5.32 Å². The maximum Gasteiger partial charge on any atom is 0.0202 e. The predicted molar refractivity (Wildman–Crippen MR) is 62.5 cm³/mol. The highest BCUT2D eigenvalue weighted by Gasteiger charge is 2.18. The van der Waals surface area contributed by atoms with E-state index in [4.69, 9.17) is 0 Å². The van der Waals surface area contributed by atoms with Gasteiger partial charge in [-0.1, -0.05) is 27.4 Å². The average molecular weight is 196 g/mol. The molecule has 0 saturated carbocycles. The van der Waals surface area contributed by atoms with Gasteiger partial charge in [-0.25, -0.2) is 0 Å². The lowest BCUT2D eigenvalue weighted by molar-refractivity contribution is 0.352. The molecule has 82 valence electrons. The first-order valence-electron chi connectivity index (χ1n) is 5.70. The summed E-state index contributed by atoms with van der Waals surface area (Å²) in [7, 11) is 0. The van der Waals surface area contributed by atoms with Crippen LogP contribution in [0.25, 0.3) is 0 Å². The third-order valence-electron chi connectivity index (χ3n) is 2.72. The zero-order valence-corrected chi connectivity index (χ0v) is 9.84. The summed E-state index contributed by atoms with van der Waals surface area (Å²) in [5.74, 6) is 0.876. The molecule has 0 radical (unpaired) electrons. The Bertz CT molecular complexity index is 187. The molecule has 1 rings (SSSR count). The summed E-state index contributed by atoms with van der Waals surface area (Å²) in [5.41, 5.74) is 1.31. The fourth-order valence-corrected chi connectivity index (χ4v) is 1.89. The van der Waals surface area contributed by atoms with E-state index in [-0.39, 0.29) is 0 Å². The van der Waals surface area contributed by atoms with Crippen LogP contribution in [0.3, 0.4) is 0 Å². The van der Waals surface area contributed by atoms with Crippen LogP contribution in [-0.4, -0.2) is 37.1 Å². The average Bonchev–Trinajstić information content (AvgIpc) is 2.48. The summed E-state index contributed by atoms with van der Waals surface area (Å²) in [6.07, 6.45) is 1.35. The van der Waals surface area contributed by atoms with Crippen molar-refractivity contribution in [1.29, 1.82) is 0 Å². The third-order valence-corrected chi connectivity index (χ3v) is 2.72. The number of rotatable bonds is 5. The normalized spacial score (nSPS) is 23.3. The number of likely N-dealkylation sites (tertiary alicyclic amines) is 1. The van der Waals surface area contributed by atoms with Crippen LogP contribution >= 0.6 is 0 Å². The monoisotopic (exact) mass is 196 g/mol. The Morgan fingerprint density at radius 2 is 2.29 bits per heavy atom. The van der Waals surface area contributed by atoms with Crippen LogP contribution in [0.4, 0.5) is 0 Å². The quantitative estimate of drug-likeness (QED) is 0.675. The lowest BCUT2D eigenvalue weighted by Crippen LogP contribution is -2.30. The van der Waals surface area contributed by atoms with Crippen LogP contribution < -0.4 is 5.32 Å². The molecule has 0 aliphatic carbocycles. The largest absolute Gasteiger partial charge is 0.311 e. The van der Waals surface area contributed by atoms with Gasteiger partial charge in [0, 0.05) is 25.7 Å².